The van der Waals surface area contributed by atoms with Gasteiger partial charge in [0.2, 0.25) is 0 Å². The SMILES string of the molecule is CCOc1ccc(-c2cn3c(C(=S)NCc4ccccc4)c(-c4ccc(Cl)cc4)c4c3n2CCCC4)cc1. The molecule has 0 amide bonds. The molecule has 4 nitrogen and oxygen atoms in total. The maximum Gasteiger partial charge on any atom is 0.124 e. The van der Waals surface area contributed by atoms with Gasteiger partial charge in [-0.1, -0.05) is 66.3 Å². The van der Waals surface area contributed by atoms with Crippen LogP contribution in [0.2, 0.25) is 5.02 Å². The van der Waals surface area contributed by atoms with Crippen LogP contribution >= 0.6 is 23.8 Å². The minimum atomic E-state index is 0.660. The van der Waals surface area contributed by atoms with Crippen molar-refractivity contribution in [1.29, 1.82) is 0 Å². The summed E-state index contributed by atoms with van der Waals surface area (Å²) >= 11 is 12.4. The number of benzene rings is 3. The van der Waals surface area contributed by atoms with Crippen LogP contribution in [0.3, 0.4) is 0 Å². The lowest BCUT2D eigenvalue weighted by Gasteiger charge is -2.12. The predicted octanol–water partition coefficient (Wildman–Crippen LogP) is 7.93. The molecule has 6 rings (SSSR count). The van der Waals surface area contributed by atoms with Gasteiger partial charge >= 0.3 is 0 Å². The van der Waals surface area contributed by atoms with E-state index >= 15 is 0 Å². The third-order valence-electron chi connectivity index (χ3n) is 7.24. The minimum absolute atomic E-state index is 0.660. The van der Waals surface area contributed by atoms with E-state index in [0.29, 0.717) is 13.2 Å². The normalized spacial score (nSPS) is 12.9. The Morgan fingerprint density at radius 2 is 1.68 bits per heavy atom. The fourth-order valence-electron chi connectivity index (χ4n) is 5.52. The number of hydrogen-bond acceptors (Lipinski definition) is 2. The monoisotopic (exact) mass is 539 g/mol. The highest BCUT2D eigenvalue weighted by atomic mass is 35.5. The Hall–Kier alpha value is -3.54. The number of hydrogen-bond donors (Lipinski definition) is 1. The molecule has 0 aliphatic carbocycles. The van der Waals surface area contributed by atoms with Crippen molar-refractivity contribution in [2.24, 2.45) is 0 Å². The summed E-state index contributed by atoms with van der Waals surface area (Å²) in [6, 6.07) is 26.9. The zero-order valence-corrected chi connectivity index (χ0v) is 23.0. The molecule has 3 aromatic carbocycles. The van der Waals surface area contributed by atoms with E-state index in [2.05, 4.69) is 81.1 Å². The first-order valence-corrected chi connectivity index (χ1v) is 14.0. The van der Waals surface area contributed by atoms with E-state index in [1.54, 1.807) is 0 Å². The summed E-state index contributed by atoms with van der Waals surface area (Å²) in [5.74, 6) is 0.892. The first-order chi connectivity index (χ1) is 18.6. The van der Waals surface area contributed by atoms with Crippen LogP contribution in [-0.2, 0) is 19.5 Å². The van der Waals surface area contributed by atoms with E-state index in [9.17, 15) is 0 Å². The van der Waals surface area contributed by atoms with Gasteiger partial charge in [0.25, 0.3) is 0 Å². The van der Waals surface area contributed by atoms with Crippen LogP contribution in [-0.4, -0.2) is 20.6 Å². The molecule has 0 bridgehead atoms. The number of rotatable bonds is 7. The molecule has 1 aliphatic heterocycles. The Kier molecular flexibility index (Phi) is 6.96. The summed E-state index contributed by atoms with van der Waals surface area (Å²) in [7, 11) is 0. The van der Waals surface area contributed by atoms with Crippen LogP contribution in [0.5, 0.6) is 5.75 Å². The van der Waals surface area contributed by atoms with E-state index in [1.165, 1.54) is 33.6 Å². The molecule has 5 aromatic rings. The molecular weight excluding hydrogens is 510 g/mol. The van der Waals surface area contributed by atoms with Gasteiger partial charge in [0.1, 0.15) is 16.4 Å². The second kappa shape index (κ2) is 10.7. The van der Waals surface area contributed by atoms with Crippen molar-refractivity contribution < 1.29 is 4.74 Å². The Labute approximate surface area is 233 Å². The lowest BCUT2D eigenvalue weighted by Crippen LogP contribution is -2.23. The number of halogens is 1. The zero-order valence-electron chi connectivity index (χ0n) is 21.4. The van der Waals surface area contributed by atoms with Crippen molar-refractivity contribution in [2.45, 2.75) is 39.3 Å². The van der Waals surface area contributed by atoms with Crippen LogP contribution in [0, 0.1) is 0 Å². The lowest BCUT2D eigenvalue weighted by atomic mass is 9.98. The van der Waals surface area contributed by atoms with Gasteiger partial charge < -0.3 is 14.6 Å². The third kappa shape index (κ3) is 4.61. The van der Waals surface area contributed by atoms with Crippen molar-refractivity contribution in [3.05, 3.63) is 107 Å². The predicted molar refractivity (Wildman–Crippen MR) is 160 cm³/mol. The van der Waals surface area contributed by atoms with Crippen LogP contribution < -0.4 is 10.1 Å². The van der Waals surface area contributed by atoms with Crippen LogP contribution in [0.25, 0.3) is 28.0 Å². The topological polar surface area (TPSA) is 30.6 Å². The molecular formula is C32H30ClN3OS. The molecule has 192 valence electrons. The number of nitrogens with zero attached hydrogens (tertiary/aromatic N) is 2. The van der Waals surface area contributed by atoms with Gasteiger partial charge in [-0.25, -0.2) is 0 Å². The number of ether oxygens (including phenoxy) is 1. The summed E-state index contributed by atoms with van der Waals surface area (Å²) in [6.07, 6.45) is 5.53. The molecule has 0 atom stereocenters. The summed E-state index contributed by atoms with van der Waals surface area (Å²) in [5, 5.41) is 4.28. The Bertz CT molecular complexity index is 1580. The van der Waals surface area contributed by atoms with Crippen molar-refractivity contribution in [1.82, 2.24) is 14.3 Å². The second-order valence-electron chi connectivity index (χ2n) is 9.65. The molecule has 1 N–H and O–H groups in total. The van der Waals surface area contributed by atoms with Crippen LogP contribution in [0.15, 0.2) is 85.1 Å². The number of nitrogens with one attached hydrogen (secondary N) is 1. The van der Waals surface area contributed by atoms with Crippen molar-refractivity contribution in [2.75, 3.05) is 6.61 Å². The number of imidazole rings is 1. The molecule has 1 aliphatic rings. The van der Waals surface area contributed by atoms with Crippen molar-refractivity contribution in [3.8, 4) is 28.1 Å². The summed E-state index contributed by atoms with van der Waals surface area (Å²) < 4.78 is 10.5. The van der Waals surface area contributed by atoms with Gasteiger partial charge in [-0.05, 0) is 79.3 Å². The van der Waals surface area contributed by atoms with E-state index in [-0.39, 0.29) is 0 Å². The molecule has 0 spiro atoms. The molecule has 3 heterocycles. The fourth-order valence-corrected chi connectivity index (χ4v) is 5.92. The molecule has 0 saturated carbocycles. The Balaban J connectivity index is 1.52. The van der Waals surface area contributed by atoms with Crippen LogP contribution in [0.1, 0.15) is 36.6 Å². The average molecular weight is 540 g/mol. The van der Waals surface area contributed by atoms with E-state index < -0.39 is 0 Å². The van der Waals surface area contributed by atoms with Gasteiger partial charge in [0, 0.05) is 35.4 Å². The van der Waals surface area contributed by atoms with Crippen molar-refractivity contribution in [3.63, 3.8) is 0 Å². The van der Waals surface area contributed by atoms with Crippen molar-refractivity contribution >= 4 is 34.5 Å². The molecule has 0 unspecified atom stereocenters. The minimum Gasteiger partial charge on any atom is -0.494 e. The van der Waals surface area contributed by atoms with E-state index in [4.69, 9.17) is 28.6 Å². The summed E-state index contributed by atoms with van der Waals surface area (Å²) in [5.41, 5.74) is 9.53. The standard InChI is InChI=1S/C32H30ClN3OS/c1-2-37-26-17-13-23(14-18-26)28-21-36-30(31(38)34-20-22-8-4-3-5-9-22)29(24-11-15-25(33)16-12-24)27-10-6-7-19-35(28)32(27)36/h3-5,8-9,11-18,21H,2,6-7,10,19-20H2,1H3,(H,34,38). The largest absolute Gasteiger partial charge is 0.494 e. The molecule has 38 heavy (non-hydrogen) atoms. The molecule has 6 heteroatoms. The Morgan fingerprint density at radius 3 is 2.42 bits per heavy atom. The quantitative estimate of drug-likeness (QED) is 0.213. The van der Waals surface area contributed by atoms with E-state index in [0.717, 1.165) is 52.8 Å². The maximum absolute atomic E-state index is 6.28. The first kappa shape index (κ1) is 24.8. The molecule has 2 aromatic heterocycles. The fraction of sp³-hybridized carbons (Fsp3) is 0.219. The Morgan fingerprint density at radius 1 is 0.947 bits per heavy atom. The lowest BCUT2D eigenvalue weighted by molar-refractivity contribution is 0.340. The molecule has 0 radical (unpaired) electrons. The first-order valence-electron chi connectivity index (χ1n) is 13.2. The van der Waals surface area contributed by atoms with Gasteiger partial charge in [-0.3, -0.25) is 4.40 Å². The average Bonchev–Trinajstić information content (AvgIpc) is 3.36. The third-order valence-corrected chi connectivity index (χ3v) is 7.83. The summed E-state index contributed by atoms with van der Waals surface area (Å²) in [6.45, 7) is 4.32. The van der Waals surface area contributed by atoms with Gasteiger partial charge in [0.15, 0.2) is 0 Å². The number of aryl methyl sites for hydroxylation is 2. The number of thiocarbonyl (C=S) groups is 1. The maximum atomic E-state index is 6.28. The van der Waals surface area contributed by atoms with Gasteiger partial charge in [-0.2, -0.15) is 0 Å². The number of aromatic nitrogens is 2. The zero-order chi connectivity index (χ0) is 26.1. The molecule has 0 saturated heterocycles. The van der Waals surface area contributed by atoms with Gasteiger partial charge in [0.05, 0.1) is 18.0 Å². The van der Waals surface area contributed by atoms with Gasteiger partial charge in [-0.15, -0.1) is 0 Å². The highest BCUT2D eigenvalue weighted by molar-refractivity contribution is 7.80. The highest BCUT2D eigenvalue weighted by Gasteiger charge is 2.28. The smallest absolute Gasteiger partial charge is 0.124 e. The molecule has 0 fully saturated rings. The highest BCUT2D eigenvalue weighted by Crippen LogP contribution is 2.40. The summed E-state index contributed by atoms with van der Waals surface area (Å²) in [4.78, 5) is 0.746. The second-order valence-corrected chi connectivity index (χ2v) is 10.5. The van der Waals surface area contributed by atoms with Crippen LogP contribution in [0.4, 0.5) is 0 Å². The van der Waals surface area contributed by atoms with E-state index in [1.807, 2.05) is 25.1 Å².